The summed E-state index contributed by atoms with van der Waals surface area (Å²) in [4.78, 5) is 24.4. The molecule has 0 heterocycles. The highest BCUT2D eigenvalue weighted by Gasteiger charge is 2.27. The highest BCUT2D eigenvalue weighted by molar-refractivity contribution is 5.88. The van der Waals surface area contributed by atoms with Gasteiger partial charge in [0, 0.05) is 20.7 Å². The number of methoxy groups -OCH3 is 1. The van der Waals surface area contributed by atoms with Gasteiger partial charge in [0.25, 0.3) is 5.91 Å². The van der Waals surface area contributed by atoms with E-state index in [1.165, 1.54) is 7.11 Å². The molecule has 1 N–H and O–H groups in total. The van der Waals surface area contributed by atoms with Gasteiger partial charge >= 0.3 is 0 Å². The molecule has 0 saturated carbocycles. The lowest BCUT2D eigenvalue weighted by molar-refractivity contribution is -0.141. The van der Waals surface area contributed by atoms with Crippen LogP contribution in [0.15, 0.2) is 0 Å². The lowest BCUT2D eigenvalue weighted by atomic mass is 10.1. The lowest BCUT2D eigenvalue weighted by Crippen LogP contribution is -2.47. The van der Waals surface area contributed by atoms with Crippen LogP contribution < -0.4 is 5.32 Å². The quantitative estimate of drug-likeness (QED) is 0.704. The molecule has 0 bridgehead atoms. The molecule has 0 radical (unpaired) electrons. The van der Waals surface area contributed by atoms with Gasteiger partial charge in [0.1, 0.15) is 5.60 Å². The Balaban J connectivity index is 4.07. The fourth-order valence-corrected chi connectivity index (χ4v) is 0.773. The molecule has 88 valence electrons. The largest absolute Gasteiger partial charge is 0.369 e. The summed E-state index contributed by atoms with van der Waals surface area (Å²) in [6.45, 7) is 5.81. The van der Waals surface area contributed by atoms with Gasteiger partial charge in [0.05, 0.1) is 6.54 Å². The third-order valence-corrected chi connectivity index (χ3v) is 2.36. The Labute approximate surface area is 90.8 Å². The van der Waals surface area contributed by atoms with Gasteiger partial charge in [0.2, 0.25) is 5.91 Å². The fraction of sp³-hybridized carbons (Fsp3) is 0.800. The van der Waals surface area contributed by atoms with Crippen molar-refractivity contribution in [1.82, 2.24) is 10.2 Å². The van der Waals surface area contributed by atoms with Crippen LogP contribution in [0.3, 0.4) is 0 Å². The van der Waals surface area contributed by atoms with Gasteiger partial charge in [-0.05, 0) is 20.8 Å². The van der Waals surface area contributed by atoms with Crippen LogP contribution >= 0.6 is 0 Å². The third kappa shape index (κ3) is 4.29. The van der Waals surface area contributed by atoms with Crippen LogP contribution in [0.1, 0.15) is 20.8 Å². The van der Waals surface area contributed by atoms with E-state index < -0.39 is 5.60 Å². The predicted molar refractivity (Wildman–Crippen MR) is 57.4 cm³/mol. The van der Waals surface area contributed by atoms with Crippen LogP contribution in [0.2, 0.25) is 0 Å². The van der Waals surface area contributed by atoms with E-state index in [2.05, 4.69) is 5.32 Å². The third-order valence-electron chi connectivity index (χ3n) is 2.36. The summed E-state index contributed by atoms with van der Waals surface area (Å²) in [6, 6.07) is 0. The van der Waals surface area contributed by atoms with E-state index in [4.69, 9.17) is 4.74 Å². The number of carbonyl (C=O) groups excluding carboxylic acids is 2. The number of nitrogens with zero attached hydrogens (tertiary/aromatic N) is 1. The van der Waals surface area contributed by atoms with Gasteiger partial charge in [0.15, 0.2) is 0 Å². The average Bonchev–Trinajstić information content (AvgIpc) is 2.23. The number of rotatable bonds is 5. The van der Waals surface area contributed by atoms with Gasteiger partial charge in [-0.15, -0.1) is 0 Å². The Kier molecular flexibility index (Phi) is 5.28. The van der Waals surface area contributed by atoms with Crippen molar-refractivity contribution in [3.63, 3.8) is 0 Å². The van der Waals surface area contributed by atoms with E-state index in [9.17, 15) is 9.59 Å². The minimum absolute atomic E-state index is 0.00988. The summed E-state index contributed by atoms with van der Waals surface area (Å²) in [6.07, 6.45) is 0. The van der Waals surface area contributed by atoms with Crippen molar-refractivity contribution < 1.29 is 14.3 Å². The van der Waals surface area contributed by atoms with Crippen LogP contribution in [-0.2, 0) is 14.3 Å². The van der Waals surface area contributed by atoms with Crippen molar-refractivity contribution in [2.75, 3.05) is 27.2 Å². The minimum Gasteiger partial charge on any atom is -0.369 e. The zero-order chi connectivity index (χ0) is 12.1. The van der Waals surface area contributed by atoms with Gasteiger partial charge in [-0.25, -0.2) is 0 Å². The number of hydrogen-bond acceptors (Lipinski definition) is 3. The standard InChI is InChI=1S/C10H20N2O3/c1-6-12(4)8(13)7-11-9(14)10(2,3)15-5/h6-7H2,1-5H3,(H,11,14). The van der Waals surface area contributed by atoms with Gasteiger partial charge < -0.3 is 15.0 Å². The Hall–Kier alpha value is -1.10. The first-order valence-electron chi connectivity index (χ1n) is 4.92. The van der Waals surface area contributed by atoms with Crippen molar-refractivity contribution >= 4 is 11.8 Å². The molecule has 0 aromatic rings. The van der Waals surface area contributed by atoms with Crippen LogP contribution in [0, 0.1) is 0 Å². The molecule has 5 heteroatoms. The molecule has 0 fully saturated rings. The second kappa shape index (κ2) is 5.70. The van der Waals surface area contributed by atoms with Gasteiger partial charge in [-0.2, -0.15) is 0 Å². The maximum atomic E-state index is 11.5. The summed E-state index contributed by atoms with van der Waals surface area (Å²) >= 11 is 0. The Bertz CT molecular complexity index is 239. The Morgan fingerprint density at radius 1 is 1.40 bits per heavy atom. The maximum absolute atomic E-state index is 11.5. The zero-order valence-corrected chi connectivity index (χ0v) is 10.1. The van der Waals surface area contributed by atoms with Crippen molar-refractivity contribution in [3.8, 4) is 0 Å². The van der Waals surface area contributed by atoms with E-state index >= 15 is 0 Å². The van der Waals surface area contributed by atoms with E-state index in [0.717, 1.165) is 0 Å². The summed E-state index contributed by atoms with van der Waals surface area (Å²) in [5, 5.41) is 2.53. The molecule has 0 rings (SSSR count). The van der Waals surface area contributed by atoms with E-state index in [0.29, 0.717) is 6.54 Å². The molecule has 15 heavy (non-hydrogen) atoms. The molecule has 0 saturated heterocycles. The molecular weight excluding hydrogens is 196 g/mol. The molecule has 0 aromatic heterocycles. The van der Waals surface area contributed by atoms with Crippen molar-refractivity contribution in [1.29, 1.82) is 0 Å². The topological polar surface area (TPSA) is 58.6 Å². The number of hydrogen-bond donors (Lipinski definition) is 1. The molecule has 0 aliphatic heterocycles. The fourth-order valence-electron chi connectivity index (χ4n) is 0.773. The second-order valence-corrected chi connectivity index (χ2v) is 3.81. The summed E-state index contributed by atoms with van der Waals surface area (Å²) in [7, 11) is 3.15. The molecular formula is C10H20N2O3. The van der Waals surface area contributed by atoms with Crippen LogP contribution in [0.25, 0.3) is 0 Å². The first kappa shape index (κ1) is 13.9. The number of likely N-dealkylation sites (N-methyl/N-ethyl adjacent to an activating group) is 1. The second-order valence-electron chi connectivity index (χ2n) is 3.81. The molecule has 2 amide bonds. The predicted octanol–water partition coefficient (Wildman–Crippen LogP) is 0.00590. The van der Waals surface area contributed by atoms with Gasteiger partial charge in [-0.1, -0.05) is 0 Å². The van der Waals surface area contributed by atoms with E-state index in [-0.39, 0.29) is 18.4 Å². The monoisotopic (exact) mass is 216 g/mol. The van der Waals surface area contributed by atoms with Crippen molar-refractivity contribution in [2.45, 2.75) is 26.4 Å². The van der Waals surface area contributed by atoms with E-state index in [1.807, 2.05) is 6.92 Å². The lowest BCUT2D eigenvalue weighted by Gasteiger charge is -2.22. The first-order chi connectivity index (χ1) is 6.85. The number of nitrogens with one attached hydrogen (secondary N) is 1. The molecule has 0 spiro atoms. The highest BCUT2D eigenvalue weighted by atomic mass is 16.5. The summed E-state index contributed by atoms with van der Waals surface area (Å²) < 4.78 is 4.98. The highest BCUT2D eigenvalue weighted by Crippen LogP contribution is 2.06. The number of ether oxygens (including phenoxy) is 1. The van der Waals surface area contributed by atoms with Crippen LogP contribution in [-0.4, -0.2) is 49.6 Å². The normalized spacial score (nSPS) is 11.0. The Morgan fingerprint density at radius 3 is 2.33 bits per heavy atom. The molecule has 0 atom stereocenters. The van der Waals surface area contributed by atoms with Crippen molar-refractivity contribution in [2.24, 2.45) is 0 Å². The average molecular weight is 216 g/mol. The number of carbonyl (C=O) groups is 2. The summed E-state index contributed by atoms with van der Waals surface area (Å²) in [5.74, 6) is -0.402. The number of amides is 2. The molecule has 0 aliphatic rings. The maximum Gasteiger partial charge on any atom is 0.252 e. The van der Waals surface area contributed by atoms with Crippen LogP contribution in [0.4, 0.5) is 0 Å². The minimum atomic E-state index is -0.898. The molecule has 0 unspecified atom stereocenters. The molecule has 0 aliphatic carbocycles. The van der Waals surface area contributed by atoms with E-state index in [1.54, 1.807) is 25.8 Å². The SMILES string of the molecule is CCN(C)C(=O)CNC(=O)C(C)(C)OC. The molecule has 5 nitrogen and oxygen atoms in total. The Morgan fingerprint density at radius 2 is 1.93 bits per heavy atom. The van der Waals surface area contributed by atoms with Crippen molar-refractivity contribution in [3.05, 3.63) is 0 Å². The summed E-state index contributed by atoms with van der Waals surface area (Å²) in [5.41, 5.74) is -0.898. The molecule has 0 aromatic carbocycles. The van der Waals surface area contributed by atoms with Crippen LogP contribution in [0.5, 0.6) is 0 Å². The van der Waals surface area contributed by atoms with Gasteiger partial charge in [-0.3, -0.25) is 9.59 Å². The first-order valence-corrected chi connectivity index (χ1v) is 4.92. The smallest absolute Gasteiger partial charge is 0.252 e. The zero-order valence-electron chi connectivity index (χ0n) is 10.1.